The molecule has 5 rings (SSSR count). The lowest BCUT2D eigenvalue weighted by Gasteiger charge is -2.26. The van der Waals surface area contributed by atoms with Crippen molar-refractivity contribution < 1.29 is 18.2 Å². The summed E-state index contributed by atoms with van der Waals surface area (Å²) in [4.78, 5) is 26.3. The Morgan fingerprint density at radius 1 is 1.20 bits per heavy atom. The van der Waals surface area contributed by atoms with Crippen molar-refractivity contribution >= 4 is 27.5 Å². The first-order valence-electron chi connectivity index (χ1n) is 9.80. The molecule has 3 N–H and O–H groups in total. The summed E-state index contributed by atoms with van der Waals surface area (Å²) >= 11 is 0. The highest BCUT2D eigenvalue weighted by Crippen LogP contribution is 2.42. The lowest BCUT2D eigenvalue weighted by molar-refractivity contribution is 0.0742. The maximum Gasteiger partial charge on any atom is 0.354 e. The zero-order valence-corrected chi connectivity index (χ0v) is 17.2. The monoisotopic (exact) mass is 432 g/mol. The van der Waals surface area contributed by atoms with Crippen LogP contribution in [0.1, 0.15) is 39.2 Å². The van der Waals surface area contributed by atoms with Gasteiger partial charge < -0.3 is 10.2 Å². The lowest BCUT2D eigenvalue weighted by Crippen LogP contribution is -2.37. The van der Waals surface area contributed by atoms with Gasteiger partial charge in [-0.15, -0.1) is 4.36 Å². The highest BCUT2D eigenvalue weighted by atomic mass is 32.2. The maximum atomic E-state index is 14.6. The molecule has 11 heteroatoms. The van der Waals surface area contributed by atoms with Crippen LogP contribution in [0.5, 0.6) is 0 Å². The number of nitrogens with zero attached hydrogens (tertiary/aromatic N) is 4. The van der Waals surface area contributed by atoms with Crippen molar-refractivity contribution in [2.45, 2.75) is 43.7 Å². The number of nitrogens with two attached hydrogens (primary N) is 1. The number of fused-ring (bicyclic) bond motifs is 3. The Labute approximate surface area is 172 Å². The van der Waals surface area contributed by atoms with E-state index < -0.39 is 15.9 Å². The Balaban J connectivity index is 1.47. The lowest BCUT2D eigenvalue weighted by atomic mass is 9.83. The van der Waals surface area contributed by atoms with Crippen LogP contribution in [0.4, 0.5) is 14.9 Å². The van der Waals surface area contributed by atoms with Crippen molar-refractivity contribution in [3.05, 3.63) is 39.8 Å². The summed E-state index contributed by atoms with van der Waals surface area (Å²) in [5.74, 6) is -0.416. The smallest absolute Gasteiger partial charge is 0.339 e. The fraction of sp³-hybridized carbons (Fsp3) is 0.421. The zero-order chi connectivity index (χ0) is 21.2. The number of benzene rings is 1. The molecule has 3 aliphatic rings. The average Bonchev–Trinajstić information content (AvgIpc) is 3.29. The molecule has 158 valence electrons. The van der Waals surface area contributed by atoms with Crippen molar-refractivity contribution in [1.82, 2.24) is 14.7 Å². The minimum absolute atomic E-state index is 0.117. The van der Waals surface area contributed by atoms with E-state index >= 15 is 0 Å². The molecule has 1 aromatic carbocycles. The van der Waals surface area contributed by atoms with Crippen LogP contribution in [-0.2, 0) is 42.1 Å². The van der Waals surface area contributed by atoms with E-state index in [9.17, 15) is 18.2 Å². The van der Waals surface area contributed by atoms with E-state index in [1.165, 1.54) is 15.6 Å². The molecule has 1 unspecified atom stereocenters. The normalized spacial score (nSPS) is 18.8. The number of hydrogen-bond donors (Lipinski definition) is 2. The van der Waals surface area contributed by atoms with Gasteiger partial charge in [-0.05, 0) is 54.4 Å². The van der Waals surface area contributed by atoms with Gasteiger partial charge in [0.25, 0.3) is 5.91 Å². The molecule has 9 nitrogen and oxygen atoms in total. The fourth-order valence-electron chi connectivity index (χ4n) is 4.39. The maximum absolute atomic E-state index is 14.6. The SMILES string of the molecule is CN1CCn2nc(S(N)(=O)=NC(=O)Nc3c4c(c(F)c5c3CC5)CCC4)cc2C1=O. The van der Waals surface area contributed by atoms with E-state index in [4.69, 9.17) is 5.14 Å². The summed E-state index contributed by atoms with van der Waals surface area (Å²) in [5.41, 5.74) is 3.71. The van der Waals surface area contributed by atoms with E-state index in [1.807, 2.05) is 0 Å². The quantitative estimate of drug-likeness (QED) is 0.749. The number of carbonyl (C=O) groups excluding carboxylic acids is 2. The number of rotatable bonds is 2. The number of likely N-dealkylation sites (N-methyl/N-ethyl adjacent to an activating group) is 1. The first-order valence-corrected chi connectivity index (χ1v) is 11.4. The van der Waals surface area contributed by atoms with Crippen molar-refractivity contribution in [3.8, 4) is 0 Å². The molecule has 1 atom stereocenters. The Kier molecular flexibility index (Phi) is 4.23. The minimum atomic E-state index is -3.66. The third-order valence-electron chi connectivity index (χ3n) is 6.06. The number of halogens is 1. The Bertz CT molecular complexity index is 1240. The van der Waals surface area contributed by atoms with Crippen LogP contribution < -0.4 is 10.5 Å². The van der Waals surface area contributed by atoms with E-state index in [2.05, 4.69) is 14.8 Å². The first kappa shape index (κ1) is 19.2. The van der Waals surface area contributed by atoms with Crippen molar-refractivity contribution in [1.29, 1.82) is 0 Å². The van der Waals surface area contributed by atoms with Crippen LogP contribution in [0.15, 0.2) is 15.5 Å². The number of carbonyl (C=O) groups is 2. The zero-order valence-electron chi connectivity index (χ0n) is 16.4. The van der Waals surface area contributed by atoms with E-state index in [0.29, 0.717) is 55.6 Å². The van der Waals surface area contributed by atoms with Gasteiger partial charge in [0.2, 0.25) is 0 Å². The number of nitrogens with one attached hydrogen (secondary N) is 1. The molecule has 1 aromatic heterocycles. The molecule has 0 spiro atoms. The molecule has 0 saturated heterocycles. The molecule has 0 radical (unpaired) electrons. The topological polar surface area (TPSA) is 123 Å². The third-order valence-corrected chi connectivity index (χ3v) is 7.30. The van der Waals surface area contributed by atoms with Crippen LogP contribution in [0.25, 0.3) is 0 Å². The van der Waals surface area contributed by atoms with Gasteiger partial charge in [0, 0.05) is 25.3 Å². The number of aromatic nitrogens is 2. The van der Waals surface area contributed by atoms with E-state index in [-0.39, 0.29) is 22.4 Å². The number of hydrogen-bond acceptors (Lipinski definition) is 4. The molecule has 2 aliphatic carbocycles. The van der Waals surface area contributed by atoms with Gasteiger partial charge in [-0.2, -0.15) is 5.10 Å². The fourth-order valence-corrected chi connectivity index (χ4v) is 5.27. The molecule has 3 amide bonds. The van der Waals surface area contributed by atoms with Crippen LogP contribution in [0, 0.1) is 5.82 Å². The Hall–Kier alpha value is -2.79. The van der Waals surface area contributed by atoms with Crippen molar-refractivity contribution in [3.63, 3.8) is 0 Å². The number of anilines is 1. The average molecular weight is 432 g/mol. The first-order chi connectivity index (χ1) is 14.3. The molecule has 2 aromatic rings. The molecule has 0 fully saturated rings. The molecule has 0 saturated carbocycles. The predicted molar refractivity (Wildman–Crippen MR) is 107 cm³/mol. The Morgan fingerprint density at radius 2 is 1.87 bits per heavy atom. The second-order valence-corrected chi connectivity index (χ2v) is 9.60. The highest BCUT2D eigenvalue weighted by Gasteiger charge is 2.32. The van der Waals surface area contributed by atoms with Gasteiger partial charge in [0.05, 0.1) is 6.54 Å². The predicted octanol–water partition coefficient (Wildman–Crippen LogP) is 1.63. The van der Waals surface area contributed by atoms with Gasteiger partial charge in [-0.3, -0.25) is 9.48 Å². The van der Waals surface area contributed by atoms with Crippen molar-refractivity contribution in [2.75, 3.05) is 18.9 Å². The van der Waals surface area contributed by atoms with Gasteiger partial charge in [0.1, 0.15) is 11.5 Å². The van der Waals surface area contributed by atoms with Crippen LogP contribution >= 0.6 is 0 Å². The standard InChI is InChI=1S/C19H21FN6O3S/c1-25-7-8-26-14(18(25)27)9-15(23-26)30(21,29)24-19(28)22-17-12-4-2-3-10(12)16(20)11-5-6-13(11)17/h9H,2-8H2,1H3,(H3,21,22,24,28,29). The summed E-state index contributed by atoms with van der Waals surface area (Å²) in [6, 6.07) is 0.450. The van der Waals surface area contributed by atoms with Crippen molar-refractivity contribution in [2.24, 2.45) is 9.50 Å². The summed E-state index contributed by atoms with van der Waals surface area (Å²) < 4.78 is 32.6. The van der Waals surface area contributed by atoms with E-state index in [1.54, 1.807) is 7.05 Å². The molecule has 1 aliphatic heterocycles. The second kappa shape index (κ2) is 6.61. The minimum Gasteiger partial charge on any atom is -0.339 e. The third kappa shape index (κ3) is 2.83. The van der Waals surface area contributed by atoms with Crippen LogP contribution in [0.2, 0.25) is 0 Å². The summed E-state index contributed by atoms with van der Waals surface area (Å²) in [6.07, 6.45) is 3.47. The number of amides is 3. The van der Waals surface area contributed by atoms with Crippen LogP contribution in [0.3, 0.4) is 0 Å². The number of urea groups is 1. The second-order valence-electron chi connectivity index (χ2n) is 7.86. The highest BCUT2D eigenvalue weighted by molar-refractivity contribution is 7.91. The molecular formula is C19H21FN6O3S. The largest absolute Gasteiger partial charge is 0.354 e. The summed E-state index contributed by atoms with van der Waals surface area (Å²) in [6.45, 7) is 0.907. The Morgan fingerprint density at radius 3 is 2.60 bits per heavy atom. The molecule has 30 heavy (non-hydrogen) atoms. The molecule has 0 bridgehead atoms. The van der Waals surface area contributed by atoms with Crippen LogP contribution in [-0.4, -0.2) is 44.4 Å². The molecular weight excluding hydrogens is 411 g/mol. The summed E-state index contributed by atoms with van der Waals surface area (Å²) in [5, 5.41) is 12.5. The summed E-state index contributed by atoms with van der Waals surface area (Å²) in [7, 11) is -2.00. The van der Waals surface area contributed by atoms with Gasteiger partial charge in [-0.1, -0.05) is 0 Å². The van der Waals surface area contributed by atoms with E-state index in [0.717, 1.165) is 17.5 Å². The van der Waals surface area contributed by atoms with Gasteiger partial charge >= 0.3 is 6.03 Å². The van der Waals surface area contributed by atoms with Gasteiger partial charge in [-0.25, -0.2) is 18.5 Å². The molecule has 2 heterocycles. The van der Waals surface area contributed by atoms with Gasteiger partial charge in [0.15, 0.2) is 14.9 Å².